The molecule has 1 saturated carbocycles. The van der Waals surface area contributed by atoms with Gasteiger partial charge >= 0.3 is 5.97 Å². The van der Waals surface area contributed by atoms with E-state index in [4.69, 9.17) is 4.74 Å². The topological polar surface area (TPSA) is 43.4 Å². The van der Waals surface area contributed by atoms with E-state index in [2.05, 4.69) is 12.1 Å². The summed E-state index contributed by atoms with van der Waals surface area (Å²) in [5.41, 5.74) is 3.16. The van der Waals surface area contributed by atoms with E-state index in [0.717, 1.165) is 17.5 Å². The van der Waals surface area contributed by atoms with Crippen LogP contribution in [-0.4, -0.2) is 17.4 Å². The van der Waals surface area contributed by atoms with E-state index in [0.29, 0.717) is 11.5 Å². The van der Waals surface area contributed by atoms with Gasteiger partial charge in [0, 0.05) is 17.6 Å². The van der Waals surface area contributed by atoms with Gasteiger partial charge in [-0.1, -0.05) is 54.1 Å². The van der Waals surface area contributed by atoms with Crippen molar-refractivity contribution in [3.8, 4) is 0 Å². The van der Waals surface area contributed by atoms with Crippen LogP contribution in [0, 0.1) is 12.8 Å². The Bertz CT molecular complexity index is 872. The lowest BCUT2D eigenvalue weighted by Crippen LogP contribution is -2.22. The number of benzene rings is 2. The zero-order valence-corrected chi connectivity index (χ0v) is 16.4. The number of Topliss-reactive ketones (excluding diaryl/α,β-unsaturated/α-hetero) is 1. The van der Waals surface area contributed by atoms with Gasteiger partial charge in [-0.15, -0.1) is 0 Å². The molecule has 0 N–H and O–H groups in total. The number of carbonyl (C=O) groups excluding carboxylic acids is 2. The van der Waals surface area contributed by atoms with Crippen LogP contribution in [0.5, 0.6) is 0 Å². The number of hydrogen-bond donors (Lipinski definition) is 0. The van der Waals surface area contributed by atoms with E-state index in [9.17, 15) is 9.59 Å². The van der Waals surface area contributed by atoms with Gasteiger partial charge in [0.2, 0.25) is 0 Å². The predicted molar refractivity (Wildman–Crippen MR) is 108 cm³/mol. The molecule has 1 aliphatic rings. The molecule has 0 bridgehead atoms. The third kappa shape index (κ3) is 4.94. The normalized spacial score (nSPS) is 19.1. The fourth-order valence-electron chi connectivity index (χ4n) is 3.29. The molecule has 0 aliphatic heterocycles. The minimum atomic E-state index is -0.538. The second-order valence-electron chi connectivity index (χ2n) is 8.18. The average molecular weight is 362 g/mol. The minimum Gasteiger partial charge on any atom is -0.457 e. The summed E-state index contributed by atoms with van der Waals surface area (Å²) in [6, 6.07) is 15.9. The zero-order valence-electron chi connectivity index (χ0n) is 16.4. The molecule has 140 valence electrons. The summed E-state index contributed by atoms with van der Waals surface area (Å²) in [4.78, 5) is 25.0. The smallest absolute Gasteiger partial charge is 0.331 e. The fraction of sp³-hybridized carbons (Fsp3) is 0.333. The fourth-order valence-corrected chi connectivity index (χ4v) is 3.29. The van der Waals surface area contributed by atoms with Crippen LogP contribution in [0.3, 0.4) is 0 Å². The number of esters is 1. The number of aryl methyl sites for hydroxylation is 1. The van der Waals surface area contributed by atoms with Gasteiger partial charge in [0.1, 0.15) is 5.60 Å². The van der Waals surface area contributed by atoms with Crippen molar-refractivity contribution in [2.75, 3.05) is 0 Å². The number of carbonyl (C=O) groups is 2. The highest BCUT2D eigenvalue weighted by molar-refractivity contribution is 6.04. The highest BCUT2D eigenvalue weighted by Gasteiger charge is 2.44. The van der Waals surface area contributed by atoms with Crippen molar-refractivity contribution < 1.29 is 14.3 Å². The Labute approximate surface area is 161 Å². The predicted octanol–water partition coefficient (Wildman–Crippen LogP) is 5.34. The van der Waals surface area contributed by atoms with Gasteiger partial charge < -0.3 is 4.74 Å². The largest absolute Gasteiger partial charge is 0.457 e. The van der Waals surface area contributed by atoms with Gasteiger partial charge in [0.15, 0.2) is 5.78 Å². The molecule has 2 atom stereocenters. The van der Waals surface area contributed by atoms with Crippen LogP contribution in [0.25, 0.3) is 6.08 Å². The summed E-state index contributed by atoms with van der Waals surface area (Å²) in [7, 11) is 0. The molecule has 0 saturated heterocycles. The summed E-state index contributed by atoms with van der Waals surface area (Å²) in [5.74, 6) is 0.0511. The minimum absolute atomic E-state index is 0.0174. The monoisotopic (exact) mass is 362 g/mol. The Balaban J connectivity index is 1.78. The van der Waals surface area contributed by atoms with Gasteiger partial charge in [0.25, 0.3) is 0 Å². The van der Waals surface area contributed by atoms with Gasteiger partial charge in [-0.3, -0.25) is 4.79 Å². The standard InChI is InChI=1S/C24H26O3/c1-16-10-12-19(18(14-16)11-13-22(25)27-24(2,3)4)23(26)21-15-20(21)17-8-6-5-7-9-17/h5-14,20-21H,15H2,1-4H3/b13-11+/t20-,21+/m0/s1. The number of rotatable bonds is 5. The first-order valence-corrected chi connectivity index (χ1v) is 9.35. The summed E-state index contributed by atoms with van der Waals surface area (Å²) in [6.45, 7) is 7.47. The van der Waals surface area contributed by atoms with Crippen molar-refractivity contribution >= 4 is 17.8 Å². The molecule has 3 rings (SSSR count). The van der Waals surface area contributed by atoms with Crippen LogP contribution < -0.4 is 0 Å². The summed E-state index contributed by atoms with van der Waals surface area (Å²) < 4.78 is 5.31. The average Bonchev–Trinajstić information content (AvgIpc) is 3.39. The van der Waals surface area contributed by atoms with Crippen molar-refractivity contribution in [2.45, 2.75) is 45.6 Å². The van der Waals surface area contributed by atoms with Crippen molar-refractivity contribution in [3.63, 3.8) is 0 Å². The zero-order chi connectivity index (χ0) is 19.6. The molecule has 0 amide bonds. The molecular formula is C24H26O3. The third-order valence-corrected chi connectivity index (χ3v) is 4.63. The maximum Gasteiger partial charge on any atom is 0.331 e. The quantitative estimate of drug-likeness (QED) is 0.410. The molecule has 3 heteroatoms. The molecule has 3 nitrogen and oxygen atoms in total. The summed E-state index contributed by atoms with van der Waals surface area (Å²) in [5, 5.41) is 0. The van der Waals surface area contributed by atoms with E-state index in [1.165, 1.54) is 11.6 Å². The molecular weight excluding hydrogens is 336 g/mol. The Morgan fingerprint density at radius 1 is 1.07 bits per heavy atom. The molecule has 0 spiro atoms. The molecule has 0 aromatic heterocycles. The highest BCUT2D eigenvalue weighted by atomic mass is 16.6. The Kier molecular flexibility index (Phi) is 5.31. The van der Waals surface area contributed by atoms with Crippen LogP contribution in [0.15, 0.2) is 54.6 Å². The van der Waals surface area contributed by atoms with Crippen LogP contribution in [0.1, 0.15) is 60.2 Å². The summed E-state index contributed by atoms with van der Waals surface area (Å²) >= 11 is 0. The van der Waals surface area contributed by atoms with Crippen LogP contribution in [0.4, 0.5) is 0 Å². The lowest BCUT2D eigenvalue weighted by molar-refractivity contribution is -0.148. The van der Waals surface area contributed by atoms with Crippen molar-refractivity contribution in [1.82, 2.24) is 0 Å². The lowest BCUT2D eigenvalue weighted by Gasteiger charge is -2.18. The number of ketones is 1. The maximum atomic E-state index is 13.0. The van der Waals surface area contributed by atoms with Gasteiger partial charge in [0.05, 0.1) is 0 Å². The maximum absolute atomic E-state index is 13.0. The van der Waals surface area contributed by atoms with Gasteiger partial charge in [-0.2, -0.15) is 0 Å². The van der Waals surface area contributed by atoms with E-state index in [1.54, 1.807) is 6.08 Å². The second-order valence-corrected chi connectivity index (χ2v) is 8.18. The van der Waals surface area contributed by atoms with Crippen molar-refractivity contribution in [1.29, 1.82) is 0 Å². The first kappa shape index (κ1) is 19.1. The molecule has 2 aromatic rings. The molecule has 0 unspecified atom stereocenters. The Morgan fingerprint density at radius 2 is 1.78 bits per heavy atom. The third-order valence-electron chi connectivity index (χ3n) is 4.63. The number of hydrogen-bond acceptors (Lipinski definition) is 3. The van der Waals surface area contributed by atoms with Crippen LogP contribution in [-0.2, 0) is 9.53 Å². The summed E-state index contributed by atoms with van der Waals surface area (Å²) in [6.07, 6.45) is 3.97. The Morgan fingerprint density at radius 3 is 2.44 bits per heavy atom. The Hall–Kier alpha value is -2.68. The highest BCUT2D eigenvalue weighted by Crippen LogP contribution is 2.49. The lowest BCUT2D eigenvalue weighted by atomic mass is 9.96. The first-order valence-electron chi connectivity index (χ1n) is 9.35. The van der Waals surface area contributed by atoms with Gasteiger partial charge in [-0.25, -0.2) is 4.79 Å². The van der Waals surface area contributed by atoms with Crippen LogP contribution in [0.2, 0.25) is 0 Å². The van der Waals surface area contributed by atoms with E-state index >= 15 is 0 Å². The van der Waals surface area contributed by atoms with E-state index < -0.39 is 11.6 Å². The molecule has 1 fully saturated rings. The molecule has 27 heavy (non-hydrogen) atoms. The molecule has 1 aliphatic carbocycles. The second kappa shape index (κ2) is 7.51. The molecule has 2 aromatic carbocycles. The van der Waals surface area contributed by atoms with E-state index in [-0.39, 0.29) is 11.7 Å². The molecule has 0 radical (unpaired) electrons. The number of ether oxygens (including phenoxy) is 1. The first-order chi connectivity index (χ1) is 12.7. The van der Waals surface area contributed by atoms with Crippen molar-refractivity contribution in [2.24, 2.45) is 5.92 Å². The van der Waals surface area contributed by atoms with Crippen LogP contribution >= 0.6 is 0 Å². The SMILES string of the molecule is Cc1ccc(C(=O)[C@@H]2C[C@H]2c2ccccc2)c(/C=C/C(=O)OC(C)(C)C)c1. The van der Waals surface area contributed by atoms with Crippen molar-refractivity contribution in [3.05, 3.63) is 76.9 Å². The van der Waals surface area contributed by atoms with Gasteiger partial charge in [-0.05, 0) is 57.2 Å². The molecule has 0 heterocycles. The van der Waals surface area contributed by atoms with E-state index in [1.807, 2.05) is 64.1 Å².